The summed E-state index contributed by atoms with van der Waals surface area (Å²) in [5, 5.41) is 4.84. The SMILES string of the molecule is CCOc1ccc(Cl)cc1/C=N/Nc1ccccc1. The number of nitrogens with zero attached hydrogens (tertiary/aromatic N) is 1. The Morgan fingerprint density at radius 1 is 1.21 bits per heavy atom. The van der Waals surface area contributed by atoms with Crippen LogP contribution in [0.2, 0.25) is 5.02 Å². The lowest BCUT2D eigenvalue weighted by molar-refractivity contribution is 0.340. The minimum absolute atomic E-state index is 0.606. The van der Waals surface area contributed by atoms with Gasteiger partial charge in [-0.25, -0.2) is 0 Å². The van der Waals surface area contributed by atoms with Crippen molar-refractivity contribution in [2.45, 2.75) is 6.92 Å². The first kappa shape index (κ1) is 13.4. The van der Waals surface area contributed by atoms with Crippen molar-refractivity contribution in [3.05, 3.63) is 59.1 Å². The minimum Gasteiger partial charge on any atom is -0.493 e. The lowest BCUT2D eigenvalue weighted by atomic mass is 10.2. The van der Waals surface area contributed by atoms with Crippen LogP contribution in [0, 0.1) is 0 Å². The van der Waals surface area contributed by atoms with Gasteiger partial charge in [0.1, 0.15) is 5.75 Å². The summed E-state index contributed by atoms with van der Waals surface area (Å²) < 4.78 is 5.52. The van der Waals surface area contributed by atoms with Crippen LogP contribution in [0.15, 0.2) is 53.6 Å². The monoisotopic (exact) mass is 274 g/mol. The van der Waals surface area contributed by atoms with Crippen molar-refractivity contribution >= 4 is 23.5 Å². The summed E-state index contributed by atoms with van der Waals surface area (Å²) in [6, 6.07) is 15.2. The maximum absolute atomic E-state index is 5.98. The summed E-state index contributed by atoms with van der Waals surface area (Å²) in [6.07, 6.45) is 1.70. The van der Waals surface area contributed by atoms with Crippen molar-refractivity contribution < 1.29 is 4.74 Å². The maximum Gasteiger partial charge on any atom is 0.128 e. The Balaban J connectivity index is 2.11. The number of rotatable bonds is 5. The van der Waals surface area contributed by atoms with Crippen molar-refractivity contribution in [2.24, 2.45) is 5.10 Å². The molecule has 0 aliphatic heterocycles. The van der Waals surface area contributed by atoms with Crippen molar-refractivity contribution in [3.63, 3.8) is 0 Å². The van der Waals surface area contributed by atoms with E-state index in [-0.39, 0.29) is 0 Å². The summed E-state index contributed by atoms with van der Waals surface area (Å²) in [6.45, 7) is 2.55. The molecule has 0 radical (unpaired) electrons. The molecular weight excluding hydrogens is 260 g/mol. The Labute approximate surface area is 117 Å². The van der Waals surface area contributed by atoms with Crippen molar-refractivity contribution in [1.29, 1.82) is 0 Å². The van der Waals surface area contributed by atoms with Crippen LogP contribution in [0.25, 0.3) is 0 Å². The highest BCUT2D eigenvalue weighted by atomic mass is 35.5. The molecule has 0 atom stereocenters. The lowest BCUT2D eigenvalue weighted by Gasteiger charge is -2.07. The lowest BCUT2D eigenvalue weighted by Crippen LogP contribution is -1.97. The highest BCUT2D eigenvalue weighted by Crippen LogP contribution is 2.21. The predicted octanol–water partition coefficient (Wildman–Crippen LogP) is 4.18. The molecule has 0 aliphatic rings. The largest absolute Gasteiger partial charge is 0.493 e. The third kappa shape index (κ3) is 4.00. The Hall–Kier alpha value is -2.00. The number of ether oxygens (including phenoxy) is 1. The third-order valence-electron chi connectivity index (χ3n) is 2.44. The molecule has 0 amide bonds. The van der Waals surface area contributed by atoms with Gasteiger partial charge in [0.25, 0.3) is 0 Å². The Morgan fingerprint density at radius 3 is 2.74 bits per heavy atom. The fourth-order valence-electron chi connectivity index (χ4n) is 1.60. The van der Waals surface area contributed by atoms with E-state index in [1.54, 1.807) is 12.3 Å². The average molecular weight is 275 g/mol. The number of halogens is 1. The second kappa shape index (κ2) is 6.81. The number of benzene rings is 2. The summed E-state index contributed by atoms with van der Waals surface area (Å²) in [5.41, 5.74) is 4.73. The number of hydrazone groups is 1. The molecule has 98 valence electrons. The smallest absolute Gasteiger partial charge is 0.128 e. The quantitative estimate of drug-likeness (QED) is 0.655. The fraction of sp³-hybridized carbons (Fsp3) is 0.133. The van der Waals surface area contributed by atoms with Gasteiger partial charge in [-0.1, -0.05) is 29.8 Å². The fourth-order valence-corrected chi connectivity index (χ4v) is 1.78. The third-order valence-corrected chi connectivity index (χ3v) is 2.68. The molecule has 2 aromatic rings. The number of anilines is 1. The molecule has 0 saturated heterocycles. The van der Waals surface area contributed by atoms with Gasteiger partial charge < -0.3 is 4.74 Å². The van der Waals surface area contributed by atoms with E-state index in [0.29, 0.717) is 11.6 Å². The van der Waals surface area contributed by atoms with Gasteiger partial charge in [0.05, 0.1) is 18.5 Å². The number of nitrogens with one attached hydrogen (secondary N) is 1. The van der Waals surface area contributed by atoms with Gasteiger partial charge in [-0.2, -0.15) is 5.10 Å². The van der Waals surface area contributed by atoms with Gasteiger partial charge in [0.15, 0.2) is 0 Å². The summed E-state index contributed by atoms with van der Waals surface area (Å²) >= 11 is 5.98. The van der Waals surface area contributed by atoms with Crippen LogP contribution in [0.5, 0.6) is 5.75 Å². The van der Waals surface area contributed by atoms with Gasteiger partial charge >= 0.3 is 0 Å². The zero-order chi connectivity index (χ0) is 13.5. The van der Waals surface area contributed by atoms with E-state index in [9.17, 15) is 0 Å². The van der Waals surface area contributed by atoms with Crippen molar-refractivity contribution in [2.75, 3.05) is 12.0 Å². The molecule has 0 spiro atoms. The highest BCUT2D eigenvalue weighted by Gasteiger charge is 2.01. The molecule has 2 rings (SSSR count). The molecule has 1 N–H and O–H groups in total. The molecule has 4 heteroatoms. The standard InChI is InChI=1S/C15H15ClN2O/c1-2-19-15-9-8-13(16)10-12(15)11-17-18-14-6-4-3-5-7-14/h3-11,18H,2H2,1H3/b17-11+. The molecule has 0 saturated carbocycles. The molecule has 0 aromatic heterocycles. The topological polar surface area (TPSA) is 33.6 Å². The maximum atomic E-state index is 5.98. The Kier molecular flexibility index (Phi) is 4.81. The normalized spacial score (nSPS) is 10.6. The van der Waals surface area contributed by atoms with E-state index in [0.717, 1.165) is 17.0 Å². The van der Waals surface area contributed by atoms with Crippen LogP contribution in [0.1, 0.15) is 12.5 Å². The zero-order valence-corrected chi connectivity index (χ0v) is 11.4. The van der Waals surface area contributed by atoms with Gasteiger partial charge in [-0.3, -0.25) is 5.43 Å². The second-order valence-electron chi connectivity index (χ2n) is 3.85. The van der Waals surface area contributed by atoms with E-state index in [1.807, 2.05) is 49.4 Å². The summed E-state index contributed by atoms with van der Waals surface area (Å²) in [5.74, 6) is 0.769. The minimum atomic E-state index is 0.606. The Morgan fingerprint density at radius 2 is 2.00 bits per heavy atom. The summed E-state index contributed by atoms with van der Waals surface area (Å²) in [7, 11) is 0. The van der Waals surface area contributed by atoms with Crippen LogP contribution in [-0.2, 0) is 0 Å². The first-order chi connectivity index (χ1) is 9.29. The molecule has 0 unspecified atom stereocenters. The van der Waals surface area contributed by atoms with Crippen LogP contribution in [0.4, 0.5) is 5.69 Å². The van der Waals surface area contributed by atoms with E-state index >= 15 is 0 Å². The highest BCUT2D eigenvalue weighted by molar-refractivity contribution is 6.30. The van der Waals surface area contributed by atoms with Gasteiger partial charge in [0, 0.05) is 10.6 Å². The van der Waals surface area contributed by atoms with Crippen molar-refractivity contribution in [3.8, 4) is 5.75 Å². The van der Waals surface area contributed by atoms with E-state index in [2.05, 4.69) is 10.5 Å². The number of hydrogen-bond acceptors (Lipinski definition) is 3. The molecule has 0 aliphatic carbocycles. The van der Waals surface area contributed by atoms with Gasteiger partial charge in [-0.05, 0) is 37.3 Å². The zero-order valence-electron chi connectivity index (χ0n) is 10.6. The molecule has 0 fully saturated rings. The van der Waals surface area contributed by atoms with Gasteiger partial charge in [0.2, 0.25) is 0 Å². The summed E-state index contributed by atoms with van der Waals surface area (Å²) in [4.78, 5) is 0. The predicted molar refractivity (Wildman–Crippen MR) is 80.3 cm³/mol. The van der Waals surface area contributed by atoms with Gasteiger partial charge in [-0.15, -0.1) is 0 Å². The second-order valence-corrected chi connectivity index (χ2v) is 4.29. The molecule has 19 heavy (non-hydrogen) atoms. The molecule has 0 bridgehead atoms. The van der Waals surface area contributed by atoms with E-state index < -0.39 is 0 Å². The molecule has 2 aromatic carbocycles. The number of para-hydroxylation sites is 1. The first-order valence-electron chi connectivity index (χ1n) is 6.06. The molecular formula is C15H15ClN2O. The van der Waals surface area contributed by atoms with Crippen LogP contribution >= 0.6 is 11.6 Å². The molecule has 3 nitrogen and oxygen atoms in total. The van der Waals surface area contributed by atoms with E-state index in [1.165, 1.54) is 0 Å². The van der Waals surface area contributed by atoms with Crippen LogP contribution < -0.4 is 10.2 Å². The first-order valence-corrected chi connectivity index (χ1v) is 6.44. The average Bonchev–Trinajstić information content (AvgIpc) is 2.43. The molecule has 0 heterocycles. The number of hydrogen-bond donors (Lipinski definition) is 1. The van der Waals surface area contributed by atoms with Crippen LogP contribution in [0.3, 0.4) is 0 Å². The Bertz CT molecular complexity index is 555. The van der Waals surface area contributed by atoms with E-state index in [4.69, 9.17) is 16.3 Å². The van der Waals surface area contributed by atoms with Crippen LogP contribution in [-0.4, -0.2) is 12.8 Å². The van der Waals surface area contributed by atoms with Crippen molar-refractivity contribution in [1.82, 2.24) is 0 Å².